The molecule has 0 aliphatic carbocycles. The number of esters is 1. The van der Waals surface area contributed by atoms with Crippen molar-refractivity contribution in [2.24, 2.45) is 5.92 Å². The third-order valence-corrected chi connectivity index (χ3v) is 4.41. The van der Waals surface area contributed by atoms with E-state index >= 15 is 0 Å². The quantitative estimate of drug-likeness (QED) is 0.815. The van der Waals surface area contributed by atoms with Crippen molar-refractivity contribution in [3.8, 4) is 11.1 Å². The van der Waals surface area contributed by atoms with E-state index in [0.717, 1.165) is 22.4 Å². The Morgan fingerprint density at radius 2 is 1.91 bits per heavy atom. The van der Waals surface area contributed by atoms with E-state index in [-0.39, 0.29) is 5.97 Å². The van der Waals surface area contributed by atoms with E-state index in [4.69, 9.17) is 10.5 Å². The van der Waals surface area contributed by atoms with E-state index in [2.05, 4.69) is 38.1 Å². The fourth-order valence-electron chi connectivity index (χ4n) is 2.60. The van der Waals surface area contributed by atoms with Crippen molar-refractivity contribution in [2.45, 2.75) is 34.1 Å². The normalized spacial score (nSPS) is 11.0. The van der Waals surface area contributed by atoms with Gasteiger partial charge in [0, 0.05) is 10.4 Å². The Kier molecular flexibility index (Phi) is 5.24. The van der Waals surface area contributed by atoms with Crippen LogP contribution in [0.1, 0.15) is 41.6 Å². The molecule has 2 aromatic rings. The van der Waals surface area contributed by atoms with Gasteiger partial charge in [-0.3, -0.25) is 0 Å². The molecule has 1 aromatic carbocycles. The lowest BCUT2D eigenvalue weighted by atomic mass is 9.97. The second kappa shape index (κ2) is 6.97. The van der Waals surface area contributed by atoms with Crippen LogP contribution in [0.25, 0.3) is 11.1 Å². The predicted octanol–water partition coefficient (Wildman–Crippen LogP) is 4.68. The van der Waals surface area contributed by atoms with Gasteiger partial charge in [0.2, 0.25) is 0 Å². The van der Waals surface area contributed by atoms with Crippen LogP contribution in [-0.2, 0) is 11.2 Å². The van der Waals surface area contributed by atoms with Crippen LogP contribution in [0, 0.1) is 12.8 Å². The van der Waals surface area contributed by atoms with Gasteiger partial charge in [-0.25, -0.2) is 4.79 Å². The number of carbonyl (C=O) groups is 1. The first-order valence-corrected chi connectivity index (χ1v) is 8.41. The third kappa shape index (κ3) is 3.50. The molecule has 3 nitrogen and oxygen atoms in total. The number of ether oxygens (including phenoxy) is 1. The van der Waals surface area contributed by atoms with Crippen LogP contribution in [-0.4, -0.2) is 12.6 Å². The molecule has 0 unspecified atom stereocenters. The van der Waals surface area contributed by atoms with Crippen LogP contribution < -0.4 is 5.73 Å². The van der Waals surface area contributed by atoms with Crippen molar-refractivity contribution in [1.82, 2.24) is 0 Å². The lowest BCUT2D eigenvalue weighted by Crippen LogP contribution is -2.07. The van der Waals surface area contributed by atoms with E-state index in [1.807, 2.05) is 6.92 Å². The number of benzene rings is 1. The van der Waals surface area contributed by atoms with E-state index < -0.39 is 0 Å². The van der Waals surface area contributed by atoms with Crippen LogP contribution in [0.4, 0.5) is 5.00 Å². The molecule has 2 N–H and O–H groups in total. The number of nitrogens with two attached hydrogens (primary N) is 1. The first-order chi connectivity index (χ1) is 10.4. The Balaban J connectivity index is 2.41. The Labute approximate surface area is 136 Å². The highest BCUT2D eigenvalue weighted by Gasteiger charge is 2.22. The number of nitrogen functional groups attached to an aromatic ring is 1. The molecule has 0 aliphatic heterocycles. The number of hydrogen-bond acceptors (Lipinski definition) is 4. The molecule has 0 bridgehead atoms. The summed E-state index contributed by atoms with van der Waals surface area (Å²) in [5.74, 6) is 0.282. The maximum absolute atomic E-state index is 12.2. The van der Waals surface area contributed by atoms with E-state index in [0.29, 0.717) is 23.1 Å². The molecule has 0 amide bonds. The van der Waals surface area contributed by atoms with Crippen molar-refractivity contribution >= 4 is 22.3 Å². The van der Waals surface area contributed by atoms with E-state index in [1.165, 1.54) is 16.9 Å². The summed E-state index contributed by atoms with van der Waals surface area (Å²) in [5.41, 5.74) is 9.74. The number of rotatable bonds is 5. The minimum absolute atomic E-state index is 0.342. The van der Waals surface area contributed by atoms with Crippen molar-refractivity contribution in [3.63, 3.8) is 0 Å². The molecule has 0 aliphatic rings. The number of hydrogen-bond donors (Lipinski definition) is 1. The summed E-state index contributed by atoms with van der Waals surface area (Å²) >= 11 is 1.44. The molecule has 22 heavy (non-hydrogen) atoms. The van der Waals surface area contributed by atoms with Crippen LogP contribution >= 0.6 is 11.3 Å². The Hall–Kier alpha value is -1.81. The van der Waals surface area contributed by atoms with E-state index in [1.54, 1.807) is 6.92 Å². The lowest BCUT2D eigenvalue weighted by molar-refractivity contribution is 0.0529. The van der Waals surface area contributed by atoms with Gasteiger partial charge in [-0.05, 0) is 37.3 Å². The monoisotopic (exact) mass is 317 g/mol. The van der Waals surface area contributed by atoms with Gasteiger partial charge < -0.3 is 10.5 Å². The smallest absolute Gasteiger partial charge is 0.341 e. The predicted molar refractivity (Wildman–Crippen MR) is 93.4 cm³/mol. The Morgan fingerprint density at radius 3 is 2.45 bits per heavy atom. The summed E-state index contributed by atoms with van der Waals surface area (Å²) < 4.78 is 5.15. The maximum atomic E-state index is 12.2. The van der Waals surface area contributed by atoms with Gasteiger partial charge >= 0.3 is 5.97 Å². The van der Waals surface area contributed by atoms with Gasteiger partial charge in [0.25, 0.3) is 0 Å². The minimum atomic E-state index is -0.342. The van der Waals surface area contributed by atoms with Crippen LogP contribution in [0.3, 0.4) is 0 Å². The van der Waals surface area contributed by atoms with Gasteiger partial charge in [-0.1, -0.05) is 38.1 Å². The molecule has 0 saturated carbocycles. The summed E-state index contributed by atoms with van der Waals surface area (Å²) in [6, 6.07) is 8.37. The largest absolute Gasteiger partial charge is 0.462 e. The molecule has 0 atom stereocenters. The van der Waals surface area contributed by atoms with Crippen molar-refractivity contribution in [1.29, 1.82) is 0 Å². The first-order valence-electron chi connectivity index (χ1n) is 7.59. The van der Waals surface area contributed by atoms with Crippen molar-refractivity contribution < 1.29 is 9.53 Å². The molecule has 118 valence electrons. The topological polar surface area (TPSA) is 52.3 Å². The molecule has 2 rings (SSSR count). The zero-order valence-electron chi connectivity index (χ0n) is 13.6. The number of thiophene rings is 1. The third-order valence-electron chi connectivity index (χ3n) is 3.48. The first kappa shape index (κ1) is 16.6. The SMILES string of the molecule is CCOC(=O)c1c(N)sc(C)c1-c1ccc(CC(C)C)cc1. The second-order valence-electron chi connectivity index (χ2n) is 5.79. The fourth-order valence-corrected chi connectivity index (χ4v) is 3.54. The number of aryl methyl sites for hydroxylation is 1. The molecule has 0 spiro atoms. The highest BCUT2D eigenvalue weighted by Crippen LogP contribution is 2.38. The molecule has 1 aromatic heterocycles. The zero-order chi connectivity index (χ0) is 16.3. The Bertz CT molecular complexity index is 656. The van der Waals surface area contributed by atoms with Gasteiger partial charge in [0.1, 0.15) is 10.6 Å². The lowest BCUT2D eigenvalue weighted by Gasteiger charge is -2.09. The summed E-state index contributed by atoms with van der Waals surface area (Å²) in [6.07, 6.45) is 1.05. The van der Waals surface area contributed by atoms with Crippen molar-refractivity contribution in [2.75, 3.05) is 12.3 Å². The van der Waals surface area contributed by atoms with Crippen LogP contribution in [0.5, 0.6) is 0 Å². The standard InChI is InChI=1S/C18H23NO2S/c1-5-21-18(20)16-15(12(4)22-17(16)19)14-8-6-13(7-9-14)10-11(2)3/h6-9,11H,5,10,19H2,1-4H3. The highest BCUT2D eigenvalue weighted by molar-refractivity contribution is 7.16. The average Bonchev–Trinajstić information content (AvgIpc) is 2.74. The molecule has 0 fully saturated rings. The molecular formula is C18H23NO2S. The average molecular weight is 317 g/mol. The molecule has 0 radical (unpaired) electrons. The summed E-state index contributed by atoms with van der Waals surface area (Å²) in [7, 11) is 0. The van der Waals surface area contributed by atoms with Crippen LogP contribution in [0.15, 0.2) is 24.3 Å². The molecule has 4 heteroatoms. The molecular weight excluding hydrogens is 294 g/mol. The summed E-state index contributed by atoms with van der Waals surface area (Å²) in [6.45, 7) is 8.54. The maximum Gasteiger partial charge on any atom is 0.341 e. The van der Waals surface area contributed by atoms with Gasteiger partial charge in [0.15, 0.2) is 0 Å². The number of carbonyl (C=O) groups excluding carboxylic acids is 1. The van der Waals surface area contributed by atoms with Gasteiger partial charge in [-0.15, -0.1) is 11.3 Å². The van der Waals surface area contributed by atoms with Gasteiger partial charge in [0.05, 0.1) is 6.61 Å². The molecule has 0 saturated heterocycles. The Morgan fingerprint density at radius 1 is 1.27 bits per heavy atom. The second-order valence-corrected chi connectivity index (χ2v) is 7.04. The zero-order valence-corrected chi connectivity index (χ0v) is 14.4. The van der Waals surface area contributed by atoms with E-state index in [9.17, 15) is 4.79 Å². The summed E-state index contributed by atoms with van der Waals surface area (Å²) in [4.78, 5) is 13.2. The summed E-state index contributed by atoms with van der Waals surface area (Å²) in [5, 5.41) is 0.525. The van der Waals surface area contributed by atoms with Crippen LogP contribution in [0.2, 0.25) is 0 Å². The minimum Gasteiger partial charge on any atom is -0.462 e. The highest BCUT2D eigenvalue weighted by atomic mass is 32.1. The molecule has 1 heterocycles. The van der Waals surface area contributed by atoms with Gasteiger partial charge in [-0.2, -0.15) is 0 Å². The van der Waals surface area contributed by atoms with Crippen molar-refractivity contribution in [3.05, 3.63) is 40.3 Å². The number of anilines is 1. The fraction of sp³-hybridized carbons (Fsp3) is 0.389.